The normalized spacial score (nSPS) is 18.7. The summed E-state index contributed by atoms with van der Waals surface area (Å²) in [5.41, 5.74) is 1.17. The Morgan fingerprint density at radius 3 is 2.91 bits per heavy atom. The zero-order valence-electron chi connectivity index (χ0n) is 13.3. The molecule has 1 unspecified atom stereocenters. The van der Waals surface area contributed by atoms with Gasteiger partial charge in [-0.15, -0.1) is 11.3 Å². The van der Waals surface area contributed by atoms with Crippen molar-refractivity contribution in [2.45, 2.75) is 32.9 Å². The number of rotatable bonds is 6. The van der Waals surface area contributed by atoms with E-state index >= 15 is 0 Å². The summed E-state index contributed by atoms with van der Waals surface area (Å²) >= 11 is 1.91. The van der Waals surface area contributed by atoms with Crippen LogP contribution in [0, 0.1) is 12.8 Å². The van der Waals surface area contributed by atoms with Gasteiger partial charge in [-0.1, -0.05) is 6.07 Å². The third-order valence-corrected chi connectivity index (χ3v) is 5.19. The largest absolute Gasteiger partial charge is 0.316 e. The quantitative estimate of drug-likeness (QED) is 0.885. The van der Waals surface area contributed by atoms with Crippen molar-refractivity contribution in [3.05, 3.63) is 52.0 Å². The lowest BCUT2D eigenvalue weighted by molar-refractivity contribution is 0.193. The zero-order chi connectivity index (χ0) is 15.2. The number of nitrogens with zero attached hydrogens (tertiary/aromatic N) is 2. The van der Waals surface area contributed by atoms with Crippen LogP contribution in [0.3, 0.4) is 0 Å². The maximum absolute atomic E-state index is 4.50. The molecule has 0 aromatic carbocycles. The molecular formula is C18H25N3S. The SMILES string of the molecule is Cc1ccc(CN(Cc2ccccn2)CC2CCCNC2)s1. The fourth-order valence-electron chi connectivity index (χ4n) is 3.14. The number of aromatic nitrogens is 1. The average molecular weight is 315 g/mol. The van der Waals surface area contributed by atoms with Crippen LogP contribution in [0.1, 0.15) is 28.3 Å². The first-order valence-electron chi connectivity index (χ1n) is 8.18. The average Bonchev–Trinajstić information content (AvgIpc) is 2.94. The summed E-state index contributed by atoms with van der Waals surface area (Å²) in [6, 6.07) is 10.7. The van der Waals surface area contributed by atoms with Crippen molar-refractivity contribution in [1.29, 1.82) is 0 Å². The Labute approximate surface area is 137 Å². The van der Waals surface area contributed by atoms with E-state index in [4.69, 9.17) is 0 Å². The van der Waals surface area contributed by atoms with E-state index in [0.717, 1.165) is 32.1 Å². The maximum atomic E-state index is 4.50. The molecule has 2 aromatic heterocycles. The highest BCUT2D eigenvalue weighted by molar-refractivity contribution is 7.11. The van der Waals surface area contributed by atoms with E-state index in [-0.39, 0.29) is 0 Å². The van der Waals surface area contributed by atoms with Gasteiger partial charge in [-0.2, -0.15) is 0 Å². The molecule has 3 nitrogen and oxygen atoms in total. The number of pyridine rings is 1. The van der Waals surface area contributed by atoms with Gasteiger partial charge in [-0.25, -0.2) is 0 Å². The van der Waals surface area contributed by atoms with Gasteiger partial charge >= 0.3 is 0 Å². The molecule has 0 radical (unpaired) electrons. The molecule has 1 atom stereocenters. The van der Waals surface area contributed by atoms with Crippen LogP contribution in [0.25, 0.3) is 0 Å². The standard InChI is InChI=1S/C18H25N3S/c1-15-7-8-18(22-15)14-21(12-16-5-4-9-19-11-16)13-17-6-2-3-10-20-17/h2-3,6-8,10,16,19H,4-5,9,11-14H2,1H3. The van der Waals surface area contributed by atoms with Crippen LogP contribution in [0.2, 0.25) is 0 Å². The minimum absolute atomic E-state index is 0.763. The van der Waals surface area contributed by atoms with Crippen LogP contribution in [0.15, 0.2) is 36.5 Å². The smallest absolute Gasteiger partial charge is 0.0544 e. The van der Waals surface area contributed by atoms with Crippen molar-refractivity contribution in [3.8, 4) is 0 Å². The van der Waals surface area contributed by atoms with E-state index in [1.54, 1.807) is 0 Å². The lowest BCUT2D eigenvalue weighted by atomic mass is 9.99. The first-order valence-corrected chi connectivity index (χ1v) is 8.99. The van der Waals surface area contributed by atoms with E-state index in [1.807, 2.05) is 23.6 Å². The van der Waals surface area contributed by atoms with Gasteiger partial charge in [-0.3, -0.25) is 9.88 Å². The second-order valence-corrected chi connectivity index (χ2v) is 7.59. The van der Waals surface area contributed by atoms with Gasteiger partial charge in [0.15, 0.2) is 0 Å². The highest BCUT2D eigenvalue weighted by Gasteiger charge is 2.18. The minimum atomic E-state index is 0.763. The minimum Gasteiger partial charge on any atom is -0.316 e. The Hall–Kier alpha value is -1.23. The monoisotopic (exact) mass is 315 g/mol. The van der Waals surface area contributed by atoms with Gasteiger partial charge in [0.25, 0.3) is 0 Å². The molecule has 0 amide bonds. The van der Waals surface area contributed by atoms with Gasteiger partial charge in [0.2, 0.25) is 0 Å². The number of piperidine rings is 1. The van der Waals surface area contributed by atoms with Gasteiger partial charge in [0.05, 0.1) is 5.69 Å². The Morgan fingerprint density at radius 1 is 1.27 bits per heavy atom. The van der Waals surface area contributed by atoms with E-state index in [1.165, 1.54) is 34.8 Å². The molecule has 1 saturated heterocycles. The zero-order valence-corrected chi connectivity index (χ0v) is 14.1. The molecule has 118 valence electrons. The second-order valence-electron chi connectivity index (χ2n) is 6.22. The molecule has 4 heteroatoms. The lowest BCUT2D eigenvalue weighted by Crippen LogP contribution is -2.37. The van der Waals surface area contributed by atoms with Gasteiger partial charge in [-0.05, 0) is 63.0 Å². The van der Waals surface area contributed by atoms with Crippen molar-refractivity contribution >= 4 is 11.3 Å². The van der Waals surface area contributed by atoms with Gasteiger partial charge in [0.1, 0.15) is 0 Å². The summed E-state index contributed by atoms with van der Waals surface area (Å²) in [5.74, 6) is 0.763. The van der Waals surface area contributed by atoms with Gasteiger partial charge in [0, 0.05) is 35.6 Å². The number of aryl methyl sites for hydroxylation is 1. The summed E-state index contributed by atoms with van der Waals surface area (Å²) < 4.78 is 0. The van der Waals surface area contributed by atoms with Crippen molar-refractivity contribution in [2.75, 3.05) is 19.6 Å². The van der Waals surface area contributed by atoms with Crippen molar-refractivity contribution < 1.29 is 0 Å². The molecule has 3 rings (SSSR count). The van der Waals surface area contributed by atoms with Crippen molar-refractivity contribution in [3.63, 3.8) is 0 Å². The Kier molecular flexibility index (Phi) is 5.59. The molecule has 1 fully saturated rings. The molecule has 3 heterocycles. The van der Waals surface area contributed by atoms with Gasteiger partial charge < -0.3 is 5.32 Å². The lowest BCUT2D eigenvalue weighted by Gasteiger charge is -2.29. The van der Waals surface area contributed by atoms with Crippen LogP contribution in [0.4, 0.5) is 0 Å². The molecule has 0 saturated carbocycles. The van der Waals surface area contributed by atoms with E-state index in [0.29, 0.717) is 0 Å². The third-order valence-electron chi connectivity index (χ3n) is 4.20. The molecule has 2 aromatic rings. The molecule has 1 aliphatic heterocycles. The second kappa shape index (κ2) is 7.86. The van der Waals surface area contributed by atoms with Crippen molar-refractivity contribution in [2.24, 2.45) is 5.92 Å². The van der Waals surface area contributed by atoms with E-state index < -0.39 is 0 Å². The summed E-state index contributed by atoms with van der Waals surface area (Å²) in [5, 5.41) is 3.53. The number of hydrogen-bond acceptors (Lipinski definition) is 4. The molecule has 1 N–H and O–H groups in total. The first kappa shape index (κ1) is 15.7. The van der Waals surface area contributed by atoms with Crippen LogP contribution in [-0.2, 0) is 13.1 Å². The number of nitrogens with one attached hydrogen (secondary N) is 1. The summed E-state index contributed by atoms with van der Waals surface area (Å²) in [7, 11) is 0. The van der Waals surface area contributed by atoms with Crippen LogP contribution in [-0.4, -0.2) is 29.5 Å². The Morgan fingerprint density at radius 2 is 2.23 bits per heavy atom. The molecule has 0 spiro atoms. The van der Waals surface area contributed by atoms with E-state index in [9.17, 15) is 0 Å². The van der Waals surface area contributed by atoms with Crippen LogP contribution in [0.5, 0.6) is 0 Å². The Balaban J connectivity index is 1.66. The van der Waals surface area contributed by atoms with Crippen molar-refractivity contribution in [1.82, 2.24) is 15.2 Å². The summed E-state index contributed by atoms with van der Waals surface area (Å²) in [6.07, 6.45) is 4.54. The maximum Gasteiger partial charge on any atom is 0.0544 e. The van der Waals surface area contributed by atoms with E-state index in [2.05, 4.69) is 46.4 Å². The summed E-state index contributed by atoms with van der Waals surface area (Å²) in [4.78, 5) is 9.92. The fraction of sp³-hybridized carbons (Fsp3) is 0.500. The molecular weight excluding hydrogens is 290 g/mol. The molecule has 1 aliphatic rings. The first-order chi connectivity index (χ1) is 10.8. The fourth-order valence-corrected chi connectivity index (χ4v) is 4.07. The highest BCUT2D eigenvalue weighted by atomic mass is 32.1. The predicted octanol–water partition coefficient (Wildman–Crippen LogP) is 3.45. The highest BCUT2D eigenvalue weighted by Crippen LogP contribution is 2.20. The van der Waals surface area contributed by atoms with Crippen LogP contribution >= 0.6 is 11.3 Å². The number of hydrogen-bond donors (Lipinski definition) is 1. The van der Waals surface area contributed by atoms with Crippen LogP contribution < -0.4 is 5.32 Å². The molecule has 0 aliphatic carbocycles. The Bertz CT molecular complexity index is 561. The predicted molar refractivity (Wildman–Crippen MR) is 93.0 cm³/mol. The topological polar surface area (TPSA) is 28.2 Å². The molecule has 22 heavy (non-hydrogen) atoms. The summed E-state index contributed by atoms with van der Waals surface area (Å²) in [6.45, 7) is 7.64. The number of thiophene rings is 1. The third kappa shape index (κ3) is 4.63. The molecule has 0 bridgehead atoms.